The van der Waals surface area contributed by atoms with E-state index < -0.39 is 27.6 Å². The van der Waals surface area contributed by atoms with E-state index in [1.54, 1.807) is 25.1 Å². The summed E-state index contributed by atoms with van der Waals surface area (Å²) in [4.78, 5) is 6.33. The van der Waals surface area contributed by atoms with Gasteiger partial charge in [0, 0.05) is 18.0 Å². The third-order valence-electron chi connectivity index (χ3n) is 5.63. The molecule has 4 rings (SSSR count). The van der Waals surface area contributed by atoms with Gasteiger partial charge in [-0.3, -0.25) is 0 Å². The van der Waals surface area contributed by atoms with Crippen LogP contribution < -0.4 is 10.0 Å². The Kier molecular flexibility index (Phi) is 6.67. The number of sulfonamides is 1. The van der Waals surface area contributed by atoms with Gasteiger partial charge >= 0.3 is 0 Å². The van der Waals surface area contributed by atoms with Gasteiger partial charge in [0.05, 0.1) is 12.2 Å². The molecule has 34 heavy (non-hydrogen) atoms. The summed E-state index contributed by atoms with van der Waals surface area (Å²) in [6.07, 6.45) is 0. The van der Waals surface area contributed by atoms with E-state index in [2.05, 4.69) is 15.0 Å². The molecule has 6 nitrogen and oxygen atoms in total. The Bertz CT molecular complexity index is 1360. The molecule has 0 unspecified atom stereocenters. The van der Waals surface area contributed by atoms with Crippen molar-refractivity contribution in [3.05, 3.63) is 94.6 Å². The van der Waals surface area contributed by atoms with Crippen molar-refractivity contribution in [1.29, 1.82) is 0 Å². The van der Waals surface area contributed by atoms with E-state index in [9.17, 15) is 12.8 Å². The molecule has 0 fully saturated rings. The summed E-state index contributed by atoms with van der Waals surface area (Å²) in [6, 6.07) is 16.2. The molecule has 0 spiro atoms. The van der Waals surface area contributed by atoms with Crippen LogP contribution in [0.25, 0.3) is 0 Å². The average Bonchev–Trinajstić information content (AvgIpc) is 2.77. The van der Waals surface area contributed by atoms with Crippen molar-refractivity contribution >= 4 is 21.7 Å². The summed E-state index contributed by atoms with van der Waals surface area (Å²) in [5.41, 5.74) is 2.40. The quantitative estimate of drug-likeness (QED) is 0.543. The summed E-state index contributed by atoms with van der Waals surface area (Å²) in [5, 5.41) is 2.94. The van der Waals surface area contributed by atoms with Gasteiger partial charge in [-0.2, -0.15) is 0 Å². The highest BCUT2D eigenvalue weighted by Crippen LogP contribution is 2.38. The number of rotatable bonds is 6. The Morgan fingerprint density at radius 1 is 0.971 bits per heavy atom. The molecule has 0 amide bonds. The molecule has 0 radical (unpaired) electrons. The molecule has 0 aliphatic carbocycles. The number of halogens is 2. The van der Waals surface area contributed by atoms with E-state index >= 15 is 4.39 Å². The van der Waals surface area contributed by atoms with Crippen LogP contribution in [0, 0.1) is 11.6 Å². The first kappa shape index (κ1) is 23.8. The van der Waals surface area contributed by atoms with Crippen molar-refractivity contribution < 1.29 is 17.2 Å². The van der Waals surface area contributed by atoms with Gasteiger partial charge in [-0.15, -0.1) is 0 Å². The molecular formula is C25H26F2N4O2S. The van der Waals surface area contributed by atoms with Gasteiger partial charge in [-0.1, -0.05) is 49.4 Å². The van der Waals surface area contributed by atoms with Gasteiger partial charge in [-0.25, -0.2) is 26.9 Å². The van der Waals surface area contributed by atoms with Crippen molar-refractivity contribution in [2.45, 2.75) is 30.8 Å². The fraction of sp³-hybridized carbons (Fsp3) is 0.240. The minimum absolute atomic E-state index is 0.0157. The molecule has 0 bridgehead atoms. The molecule has 3 aromatic carbocycles. The zero-order chi connectivity index (χ0) is 24.5. The monoisotopic (exact) mass is 484 g/mol. The lowest BCUT2D eigenvalue weighted by molar-refractivity contribution is 0.402. The highest BCUT2D eigenvalue weighted by atomic mass is 32.2. The van der Waals surface area contributed by atoms with Gasteiger partial charge in [0.2, 0.25) is 5.96 Å². The maximum absolute atomic E-state index is 15.0. The molecule has 0 aromatic heterocycles. The number of anilines is 1. The fourth-order valence-corrected chi connectivity index (χ4v) is 5.25. The minimum Gasteiger partial charge on any atom is -0.324 e. The maximum Gasteiger partial charge on any atom is 0.266 e. The maximum atomic E-state index is 15.0. The van der Waals surface area contributed by atoms with Crippen LogP contribution in [0.1, 0.15) is 35.1 Å². The summed E-state index contributed by atoms with van der Waals surface area (Å²) in [7, 11) is -0.0426. The highest BCUT2D eigenvalue weighted by molar-refractivity contribution is 7.90. The fourth-order valence-electron chi connectivity index (χ4n) is 4.09. The molecule has 1 aliphatic heterocycles. The number of benzene rings is 3. The second kappa shape index (κ2) is 9.52. The lowest BCUT2D eigenvalue weighted by Gasteiger charge is -2.26. The Hall–Kier alpha value is -3.30. The summed E-state index contributed by atoms with van der Waals surface area (Å²) in [6.45, 7) is 2.62. The summed E-state index contributed by atoms with van der Waals surface area (Å²) in [5.74, 6) is -1.87. The third kappa shape index (κ3) is 4.95. The predicted octanol–water partition coefficient (Wildman–Crippen LogP) is 4.44. The zero-order valence-corrected chi connectivity index (χ0v) is 20.0. The molecule has 1 heterocycles. The van der Waals surface area contributed by atoms with Crippen LogP contribution in [0.4, 0.5) is 14.5 Å². The molecule has 3 aromatic rings. The van der Waals surface area contributed by atoms with Crippen molar-refractivity contribution in [1.82, 2.24) is 9.62 Å². The van der Waals surface area contributed by atoms with Gasteiger partial charge < -0.3 is 10.2 Å². The van der Waals surface area contributed by atoms with Crippen molar-refractivity contribution in [3.63, 3.8) is 0 Å². The first-order valence-electron chi connectivity index (χ1n) is 10.8. The van der Waals surface area contributed by atoms with Crippen LogP contribution >= 0.6 is 0 Å². The van der Waals surface area contributed by atoms with Crippen LogP contribution in [-0.2, 0) is 23.1 Å². The number of fused-ring (bicyclic) bond motifs is 1. The van der Waals surface area contributed by atoms with Gasteiger partial charge in [0.1, 0.15) is 16.5 Å². The van der Waals surface area contributed by atoms with Crippen molar-refractivity contribution in [3.8, 4) is 0 Å². The molecule has 178 valence electrons. The molecule has 1 atom stereocenters. The number of nitrogens with zero attached hydrogens (tertiary/aromatic N) is 2. The Labute approximate surface area is 198 Å². The van der Waals surface area contributed by atoms with E-state index in [0.29, 0.717) is 0 Å². The Balaban J connectivity index is 1.70. The molecule has 2 N–H and O–H groups in total. The Morgan fingerprint density at radius 2 is 1.71 bits per heavy atom. The number of hydrogen-bond donors (Lipinski definition) is 2. The standard InChI is InChI=1S/C25H26F2N4O2S/c1-16(19-9-4-5-10-20(19)26)23-21(27)11-12-22-24(23)29-25(30-34(22,32)33)28-14-17-7-6-8-18(13-17)15-31(2)3/h4-13,16H,14-15H2,1-3H3,(H2,28,29,30)/t16-/m1/s1. The topological polar surface area (TPSA) is 73.8 Å². The molecule has 1 aliphatic rings. The third-order valence-corrected chi connectivity index (χ3v) is 7.01. The van der Waals surface area contributed by atoms with E-state index in [1.165, 1.54) is 12.1 Å². The molecular weight excluding hydrogens is 458 g/mol. The summed E-state index contributed by atoms with van der Waals surface area (Å²) < 4.78 is 57.7. The second-order valence-electron chi connectivity index (χ2n) is 8.53. The van der Waals surface area contributed by atoms with Crippen LogP contribution in [0.5, 0.6) is 0 Å². The van der Waals surface area contributed by atoms with E-state index in [-0.39, 0.29) is 34.2 Å². The second-order valence-corrected chi connectivity index (χ2v) is 10.2. The Morgan fingerprint density at radius 3 is 2.44 bits per heavy atom. The van der Waals surface area contributed by atoms with Gasteiger partial charge in [-0.05, 0) is 49.0 Å². The number of aliphatic imine (C=N–C) groups is 1. The highest BCUT2D eigenvalue weighted by Gasteiger charge is 2.32. The molecule has 0 saturated carbocycles. The summed E-state index contributed by atoms with van der Waals surface area (Å²) >= 11 is 0. The van der Waals surface area contributed by atoms with E-state index in [4.69, 9.17) is 0 Å². The van der Waals surface area contributed by atoms with Gasteiger partial charge in [0.15, 0.2) is 0 Å². The average molecular weight is 485 g/mol. The van der Waals surface area contributed by atoms with Crippen LogP contribution in [0.2, 0.25) is 0 Å². The zero-order valence-electron chi connectivity index (χ0n) is 19.1. The van der Waals surface area contributed by atoms with E-state index in [1.807, 2.05) is 43.3 Å². The number of guanidine groups is 1. The minimum atomic E-state index is -4.00. The lowest BCUT2D eigenvalue weighted by Crippen LogP contribution is -2.41. The number of nitrogens with one attached hydrogen (secondary N) is 2. The molecule has 9 heteroatoms. The first-order chi connectivity index (χ1) is 16.2. The van der Waals surface area contributed by atoms with Crippen LogP contribution in [0.15, 0.2) is 70.6 Å². The normalized spacial score (nSPS) is 16.6. The lowest BCUT2D eigenvalue weighted by atomic mass is 9.91. The number of hydrogen-bond acceptors (Lipinski definition) is 4. The van der Waals surface area contributed by atoms with E-state index in [0.717, 1.165) is 23.7 Å². The first-order valence-corrected chi connectivity index (χ1v) is 12.3. The predicted molar refractivity (Wildman–Crippen MR) is 129 cm³/mol. The van der Waals surface area contributed by atoms with Crippen LogP contribution in [0.3, 0.4) is 0 Å². The smallest absolute Gasteiger partial charge is 0.266 e. The van der Waals surface area contributed by atoms with Crippen molar-refractivity contribution in [2.24, 2.45) is 4.99 Å². The van der Waals surface area contributed by atoms with Crippen LogP contribution in [-0.4, -0.2) is 33.4 Å². The van der Waals surface area contributed by atoms with Crippen molar-refractivity contribution in [2.75, 3.05) is 19.4 Å². The van der Waals surface area contributed by atoms with Gasteiger partial charge in [0.25, 0.3) is 10.0 Å². The SMILES string of the molecule is C[C@H](c1ccccc1F)c1c(F)ccc2c1NC(=NCc1cccc(CN(C)C)c1)NS2(=O)=O. The largest absolute Gasteiger partial charge is 0.324 e. The molecule has 0 saturated heterocycles.